The molecule has 2 N–H and O–H groups in total. The van der Waals surface area contributed by atoms with Crippen LogP contribution in [0.15, 0.2) is 30.3 Å². The summed E-state index contributed by atoms with van der Waals surface area (Å²) in [5.74, 6) is -3.23. The first-order valence-corrected chi connectivity index (χ1v) is 7.86. The van der Waals surface area contributed by atoms with E-state index in [-0.39, 0.29) is 19.8 Å². The van der Waals surface area contributed by atoms with Crippen molar-refractivity contribution in [3.05, 3.63) is 35.9 Å². The van der Waals surface area contributed by atoms with Crippen molar-refractivity contribution in [2.45, 2.75) is 51.0 Å². The first-order chi connectivity index (χ1) is 11.1. The van der Waals surface area contributed by atoms with Gasteiger partial charge < -0.3 is 15.2 Å². The van der Waals surface area contributed by atoms with Crippen molar-refractivity contribution in [2.24, 2.45) is 5.73 Å². The van der Waals surface area contributed by atoms with Gasteiger partial charge in [-0.15, -0.1) is 0 Å². The van der Waals surface area contributed by atoms with Crippen molar-refractivity contribution in [2.75, 3.05) is 13.2 Å². The fraction of sp³-hybridized carbons (Fsp3) is 0.588. The van der Waals surface area contributed by atoms with Crippen molar-refractivity contribution in [3.8, 4) is 0 Å². The standard InChI is InChI=1S/C17H24F2N2O3/c1-16(2,3)24-15(22)21-9-13(20)17(18,19)14(21)11-23-10-12-7-5-4-6-8-12/h4-8,13-14H,9-11,20H2,1-3H3/t13-,14-/m1/s1. The number of likely N-dealkylation sites (tertiary alicyclic amines) is 1. The molecule has 5 nitrogen and oxygen atoms in total. The Bertz CT molecular complexity index is 561. The second-order valence-electron chi connectivity index (χ2n) is 6.93. The molecule has 1 saturated heterocycles. The molecule has 1 amide bonds. The molecule has 7 heteroatoms. The summed E-state index contributed by atoms with van der Waals surface area (Å²) in [6.07, 6.45) is -0.802. The van der Waals surface area contributed by atoms with Crippen molar-refractivity contribution < 1.29 is 23.0 Å². The Labute approximate surface area is 140 Å². The van der Waals surface area contributed by atoms with E-state index in [1.807, 2.05) is 30.3 Å². The number of carbonyl (C=O) groups excluding carboxylic acids is 1. The predicted molar refractivity (Wildman–Crippen MR) is 85.7 cm³/mol. The zero-order valence-electron chi connectivity index (χ0n) is 14.2. The summed E-state index contributed by atoms with van der Waals surface area (Å²) in [4.78, 5) is 13.2. The molecule has 0 unspecified atom stereocenters. The molecule has 1 aliphatic rings. The highest BCUT2D eigenvalue weighted by Gasteiger charge is 2.57. The van der Waals surface area contributed by atoms with E-state index >= 15 is 0 Å². The van der Waals surface area contributed by atoms with Crippen molar-refractivity contribution in [1.82, 2.24) is 4.90 Å². The average molecular weight is 342 g/mol. The molecule has 0 aromatic heterocycles. The molecule has 1 fully saturated rings. The Morgan fingerprint density at radius 2 is 1.96 bits per heavy atom. The molecule has 1 heterocycles. The molecule has 0 saturated carbocycles. The lowest BCUT2D eigenvalue weighted by Crippen LogP contribution is -2.49. The van der Waals surface area contributed by atoms with Crippen LogP contribution in [-0.4, -0.2) is 47.8 Å². The summed E-state index contributed by atoms with van der Waals surface area (Å²) in [5, 5.41) is 0. The van der Waals surface area contributed by atoms with Crippen LogP contribution in [0, 0.1) is 0 Å². The lowest BCUT2D eigenvalue weighted by molar-refractivity contribution is -0.0765. The van der Waals surface area contributed by atoms with Gasteiger partial charge in [0.15, 0.2) is 0 Å². The number of halogens is 2. The van der Waals surface area contributed by atoms with Crippen LogP contribution in [0.5, 0.6) is 0 Å². The van der Waals surface area contributed by atoms with Gasteiger partial charge in [-0.25, -0.2) is 13.6 Å². The first-order valence-electron chi connectivity index (χ1n) is 7.86. The number of hydrogen-bond donors (Lipinski definition) is 1. The van der Waals surface area contributed by atoms with E-state index in [2.05, 4.69) is 0 Å². The Morgan fingerprint density at radius 3 is 2.54 bits per heavy atom. The molecule has 0 radical (unpaired) electrons. The maximum absolute atomic E-state index is 14.3. The van der Waals surface area contributed by atoms with Gasteiger partial charge >= 0.3 is 6.09 Å². The van der Waals surface area contributed by atoms with Gasteiger partial charge in [-0.3, -0.25) is 4.90 Å². The number of carbonyl (C=O) groups is 1. The molecule has 1 aromatic carbocycles. The van der Waals surface area contributed by atoms with E-state index < -0.39 is 29.7 Å². The van der Waals surface area contributed by atoms with E-state index in [1.165, 1.54) is 0 Å². The highest BCUT2D eigenvalue weighted by Crippen LogP contribution is 2.34. The fourth-order valence-electron chi connectivity index (χ4n) is 2.50. The molecule has 0 spiro atoms. The Morgan fingerprint density at radius 1 is 1.33 bits per heavy atom. The van der Waals surface area contributed by atoms with Crippen molar-refractivity contribution in [1.29, 1.82) is 0 Å². The number of benzene rings is 1. The van der Waals surface area contributed by atoms with Gasteiger partial charge in [0.1, 0.15) is 11.6 Å². The number of nitrogens with two attached hydrogens (primary N) is 1. The smallest absolute Gasteiger partial charge is 0.410 e. The second-order valence-corrected chi connectivity index (χ2v) is 6.93. The van der Waals surface area contributed by atoms with Crippen LogP contribution in [0.1, 0.15) is 26.3 Å². The number of alkyl halides is 2. The van der Waals surface area contributed by atoms with Crippen LogP contribution in [0.2, 0.25) is 0 Å². The number of amides is 1. The Balaban J connectivity index is 2.03. The van der Waals surface area contributed by atoms with Crippen LogP contribution in [-0.2, 0) is 16.1 Å². The van der Waals surface area contributed by atoms with Gasteiger partial charge in [-0.2, -0.15) is 0 Å². The number of nitrogens with zero attached hydrogens (tertiary/aromatic N) is 1. The first kappa shape index (κ1) is 18.6. The lowest BCUT2D eigenvalue weighted by Gasteiger charge is -2.30. The maximum Gasteiger partial charge on any atom is 0.410 e. The molecule has 2 atom stereocenters. The van der Waals surface area contributed by atoms with E-state index in [1.54, 1.807) is 20.8 Å². The zero-order valence-corrected chi connectivity index (χ0v) is 14.2. The van der Waals surface area contributed by atoms with E-state index in [0.717, 1.165) is 10.5 Å². The number of rotatable bonds is 4. The fourth-order valence-corrected chi connectivity index (χ4v) is 2.50. The third-order valence-corrected chi connectivity index (χ3v) is 3.72. The molecule has 134 valence electrons. The van der Waals surface area contributed by atoms with Crippen LogP contribution < -0.4 is 5.73 Å². The minimum absolute atomic E-state index is 0.185. The highest BCUT2D eigenvalue weighted by atomic mass is 19.3. The van der Waals surface area contributed by atoms with E-state index in [9.17, 15) is 13.6 Å². The van der Waals surface area contributed by atoms with E-state index in [4.69, 9.17) is 15.2 Å². The van der Waals surface area contributed by atoms with Crippen molar-refractivity contribution >= 4 is 6.09 Å². The average Bonchev–Trinajstić information content (AvgIpc) is 2.70. The quantitative estimate of drug-likeness (QED) is 0.914. The zero-order chi connectivity index (χ0) is 18.0. The van der Waals surface area contributed by atoms with Crippen molar-refractivity contribution in [3.63, 3.8) is 0 Å². The summed E-state index contributed by atoms with van der Waals surface area (Å²) in [6.45, 7) is 4.65. The number of hydrogen-bond acceptors (Lipinski definition) is 4. The van der Waals surface area contributed by atoms with Crippen LogP contribution >= 0.6 is 0 Å². The number of ether oxygens (including phenoxy) is 2. The third kappa shape index (κ3) is 4.42. The van der Waals surface area contributed by atoms with Gasteiger partial charge in [0.25, 0.3) is 5.92 Å². The summed E-state index contributed by atoms with van der Waals surface area (Å²) in [7, 11) is 0. The highest BCUT2D eigenvalue weighted by molar-refractivity contribution is 5.69. The minimum atomic E-state index is -3.23. The molecule has 0 bridgehead atoms. The summed E-state index contributed by atoms with van der Waals surface area (Å²) < 4.78 is 39.2. The minimum Gasteiger partial charge on any atom is -0.444 e. The maximum atomic E-state index is 14.3. The lowest BCUT2D eigenvalue weighted by atomic mass is 10.1. The van der Waals surface area contributed by atoms with Gasteiger partial charge in [0.05, 0.1) is 19.3 Å². The largest absolute Gasteiger partial charge is 0.444 e. The molecular formula is C17H24F2N2O3. The normalized spacial score (nSPS) is 23.3. The summed E-state index contributed by atoms with van der Waals surface area (Å²) in [6, 6.07) is 6.34. The van der Waals surface area contributed by atoms with Gasteiger partial charge in [-0.05, 0) is 26.3 Å². The Kier molecular flexibility index (Phi) is 5.45. The molecule has 2 rings (SSSR count). The van der Waals surface area contributed by atoms with Gasteiger partial charge in [-0.1, -0.05) is 30.3 Å². The topological polar surface area (TPSA) is 64.8 Å². The van der Waals surface area contributed by atoms with E-state index in [0.29, 0.717) is 0 Å². The molecule has 0 aliphatic carbocycles. The summed E-state index contributed by atoms with van der Waals surface area (Å²) in [5.41, 5.74) is 5.62. The Hall–Kier alpha value is -1.73. The van der Waals surface area contributed by atoms with Gasteiger partial charge in [0.2, 0.25) is 0 Å². The third-order valence-electron chi connectivity index (χ3n) is 3.72. The van der Waals surface area contributed by atoms with Gasteiger partial charge in [0, 0.05) is 6.54 Å². The summed E-state index contributed by atoms with van der Waals surface area (Å²) >= 11 is 0. The molecule has 24 heavy (non-hydrogen) atoms. The molecule has 1 aliphatic heterocycles. The monoisotopic (exact) mass is 342 g/mol. The second kappa shape index (κ2) is 7.03. The SMILES string of the molecule is CC(C)(C)OC(=O)N1C[C@@H](N)C(F)(F)[C@H]1COCc1ccccc1. The van der Waals surface area contributed by atoms with Crippen LogP contribution in [0.25, 0.3) is 0 Å². The van der Waals surface area contributed by atoms with Crippen LogP contribution in [0.3, 0.4) is 0 Å². The van der Waals surface area contributed by atoms with Crippen LogP contribution in [0.4, 0.5) is 13.6 Å². The molecular weight excluding hydrogens is 318 g/mol. The predicted octanol–water partition coefficient (Wildman–Crippen LogP) is 2.79. The molecule has 1 aromatic rings.